The van der Waals surface area contributed by atoms with Gasteiger partial charge in [-0.1, -0.05) is 16.1 Å². The normalized spacial score (nSPS) is 10.2. The first-order valence-corrected chi connectivity index (χ1v) is 6.28. The van der Waals surface area contributed by atoms with Crippen molar-refractivity contribution in [3.63, 3.8) is 0 Å². The van der Waals surface area contributed by atoms with Crippen LogP contribution in [0.1, 0.15) is 16.1 Å². The van der Waals surface area contributed by atoms with Crippen LogP contribution >= 0.6 is 23.1 Å². The number of aromatic carboxylic acids is 1. The van der Waals surface area contributed by atoms with Crippen LogP contribution in [-0.4, -0.2) is 27.8 Å². The maximum absolute atomic E-state index is 10.9. The average Bonchev–Trinajstić information content (AvgIpc) is 2.81. The number of hydrogen-bond acceptors (Lipinski definition) is 6. The van der Waals surface area contributed by atoms with Gasteiger partial charge in [0.15, 0.2) is 11.5 Å². The Balaban J connectivity index is 2.20. The predicted molar refractivity (Wildman–Crippen MR) is 69.2 cm³/mol. The zero-order chi connectivity index (χ0) is 13.8. The van der Waals surface area contributed by atoms with Gasteiger partial charge in [-0.15, -0.1) is 5.10 Å². The van der Waals surface area contributed by atoms with Crippen molar-refractivity contribution in [2.45, 2.75) is 6.61 Å². The molecule has 1 N–H and O–H groups in total. The molecular formula is C11H9ClN2O4S. The fourth-order valence-electron chi connectivity index (χ4n) is 1.35. The van der Waals surface area contributed by atoms with Crippen molar-refractivity contribution in [1.82, 2.24) is 9.59 Å². The van der Waals surface area contributed by atoms with Gasteiger partial charge in [0.1, 0.15) is 16.6 Å². The van der Waals surface area contributed by atoms with Crippen molar-refractivity contribution in [3.05, 3.63) is 33.8 Å². The van der Waals surface area contributed by atoms with E-state index < -0.39 is 5.97 Å². The number of methoxy groups -OCH3 is 1. The Hall–Kier alpha value is -1.86. The molecule has 0 radical (unpaired) electrons. The van der Waals surface area contributed by atoms with Crippen molar-refractivity contribution >= 4 is 29.1 Å². The van der Waals surface area contributed by atoms with Gasteiger partial charge in [0.25, 0.3) is 0 Å². The SMILES string of the molecule is COc1ccc(C(=O)O)cc1OCc1nnsc1Cl. The molecule has 0 bridgehead atoms. The number of benzene rings is 1. The molecule has 1 aromatic heterocycles. The molecule has 0 amide bonds. The topological polar surface area (TPSA) is 81.5 Å². The molecule has 0 saturated carbocycles. The highest BCUT2D eigenvalue weighted by atomic mass is 35.5. The van der Waals surface area contributed by atoms with Gasteiger partial charge >= 0.3 is 5.97 Å². The van der Waals surface area contributed by atoms with Gasteiger partial charge in [-0.25, -0.2) is 4.79 Å². The van der Waals surface area contributed by atoms with Crippen LogP contribution in [-0.2, 0) is 6.61 Å². The van der Waals surface area contributed by atoms with Crippen molar-refractivity contribution in [1.29, 1.82) is 0 Å². The van der Waals surface area contributed by atoms with Crippen LogP contribution in [0.3, 0.4) is 0 Å². The standard InChI is InChI=1S/C11H9ClN2O4S/c1-17-8-3-2-6(11(15)16)4-9(8)18-5-7-10(12)19-14-13-7/h2-4H,5H2,1H3,(H,15,16). The van der Waals surface area contributed by atoms with Crippen molar-refractivity contribution in [3.8, 4) is 11.5 Å². The van der Waals surface area contributed by atoms with E-state index in [1.165, 1.54) is 25.3 Å². The van der Waals surface area contributed by atoms with Crippen LogP contribution < -0.4 is 9.47 Å². The van der Waals surface area contributed by atoms with Crippen molar-refractivity contribution in [2.24, 2.45) is 0 Å². The summed E-state index contributed by atoms with van der Waals surface area (Å²) in [7, 11) is 1.47. The third-order valence-corrected chi connectivity index (χ3v) is 3.27. The molecule has 0 atom stereocenters. The summed E-state index contributed by atoms with van der Waals surface area (Å²) in [6.07, 6.45) is 0. The van der Waals surface area contributed by atoms with Gasteiger partial charge in [-0.2, -0.15) is 0 Å². The van der Waals surface area contributed by atoms with Gasteiger partial charge in [-0.3, -0.25) is 0 Å². The van der Waals surface area contributed by atoms with E-state index in [-0.39, 0.29) is 12.2 Å². The van der Waals surface area contributed by atoms with Gasteiger partial charge in [0.2, 0.25) is 0 Å². The zero-order valence-electron chi connectivity index (χ0n) is 9.79. The van der Waals surface area contributed by atoms with Crippen LogP contribution in [0.2, 0.25) is 4.34 Å². The number of carboxylic acid groups (broad SMARTS) is 1. The second kappa shape index (κ2) is 5.85. The Bertz CT molecular complexity index is 602. The summed E-state index contributed by atoms with van der Waals surface area (Å²) in [5.41, 5.74) is 0.604. The molecule has 6 nitrogen and oxygen atoms in total. The largest absolute Gasteiger partial charge is 0.493 e. The highest BCUT2D eigenvalue weighted by molar-refractivity contribution is 7.10. The Morgan fingerprint density at radius 1 is 1.47 bits per heavy atom. The average molecular weight is 301 g/mol. The number of rotatable bonds is 5. The van der Waals surface area contributed by atoms with E-state index in [4.69, 9.17) is 26.2 Å². The van der Waals surface area contributed by atoms with Gasteiger partial charge in [0.05, 0.1) is 12.7 Å². The van der Waals surface area contributed by atoms with Crippen molar-refractivity contribution in [2.75, 3.05) is 7.11 Å². The lowest BCUT2D eigenvalue weighted by Crippen LogP contribution is -2.02. The van der Waals surface area contributed by atoms with Gasteiger partial charge in [-0.05, 0) is 18.2 Å². The third-order valence-electron chi connectivity index (χ3n) is 2.28. The maximum Gasteiger partial charge on any atom is 0.335 e. The molecule has 2 rings (SSSR count). The summed E-state index contributed by atoms with van der Waals surface area (Å²) in [4.78, 5) is 10.9. The van der Waals surface area contributed by atoms with E-state index >= 15 is 0 Å². The maximum atomic E-state index is 10.9. The lowest BCUT2D eigenvalue weighted by atomic mass is 10.2. The molecule has 19 heavy (non-hydrogen) atoms. The summed E-state index contributed by atoms with van der Waals surface area (Å²) in [6.45, 7) is 0.0920. The van der Waals surface area contributed by atoms with Crippen LogP contribution in [0.25, 0.3) is 0 Å². The molecule has 1 heterocycles. The van der Waals surface area contributed by atoms with E-state index in [9.17, 15) is 4.79 Å². The third kappa shape index (κ3) is 3.12. The molecule has 0 spiro atoms. The predicted octanol–water partition coefficient (Wildman–Crippen LogP) is 2.48. The van der Waals surface area contributed by atoms with Gasteiger partial charge < -0.3 is 14.6 Å². The molecule has 100 valence electrons. The van der Waals surface area contributed by atoms with Crippen LogP contribution in [0.15, 0.2) is 18.2 Å². The van der Waals surface area contributed by atoms with Gasteiger partial charge in [0, 0.05) is 11.5 Å². The number of hydrogen-bond donors (Lipinski definition) is 1. The lowest BCUT2D eigenvalue weighted by molar-refractivity contribution is 0.0696. The monoisotopic (exact) mass is 300 g/mol. The van der Waals surface area contributed by atoms with E-state index in [1.54, 1.807) is 0 Å². The quantitative estimate of drug-likeness (QED) is 0.913. The number of halogens is 1. The number of aromatic nitrogens is 2. The Labute approximate surface area is 117 Å². The van der Waals surface area contributed by atoms with E-state index in [2.05, 4.69) is 9.59 Å². The second-order valence-electron chi connectivity index (χ2n) is 3.45. The molecule has 0 aliphatic heterocycles. The van der Waals surface area contributed by atoms with E-state index in [0.29, 0.717) is 21.5 Å². The zero-order valence-corrected chi connectivity index (χ0v) is 11.4. The number of nitrogens with zero attached hydrogens (tertiary/aromatic N) is 2. The minimum atomic E-state index is -1.04. The molecule has 0 aliphatic rings. The first-order chi connectivity index (χ1) is 9.11. The number of carboxylic acids is 1. The molecule has 8 heteroatoms. The number of ether oxygens (including phenoxy) is 2. The summed E-state index contributed by atoms with van der Waals surface area (Å²) in [5.74, 6) is -0.295. The highest BCUT2D eigenvalue weighted by Crippen LogP contribution is 2.29. The van der Waals surface area contributed by atoms with E-state index in [0.717, 1.165) is 11.5 Å². The molecule has 2 aromatic rings. The summed E-state index contributed by atoms with van der Waals surface area (Å²) >= 11 is 6.91. The second-order valence-corrected chi connectivity index (χ2v) is 4.81. The Kier molecular flexibility index (Phi) is 4.18. The molecule has 0 aliphatic carbocycles. The molecule has 0 unspecified atom stereocenters. The molecule has 0 saturated heterocycles. The molecule has 0 fully saturated rings. The van der Waals surface area contributed by atoms with Crippen molar-refractivity contribution < 1.29 is 19.4 Å². The molecule has 1 aromatic carbocycles. The smallest absolute Gasteiger partial charge is 0.335 e. The van der Waals surface area contributed by atoms with Crippen LogP contribution in [0.5, 0.6) is 11.5 Å². The first kappa shape index (κ1) is 13.6. The fraction of sp³-hybridized carbons (Fsp3) is 0.182. The molecular weight excluding hydrogens is 292 g/mol. The van der Waals surface area contributed by atoms with Crippen LogP contribution in [0, 0.1) is 0 Å². The number of carbonyl (C=O) groups is 1. The minimum absolute atomic E-state index is 0.0920. The summed E-state index contributed by atoms with van der Waals surface area (Å²) < 4.78 is 14.7. The summed E-state index contributed by atoms with van der Waals surface area (Å²) in [5, 5.41) is 12.7. The summed E-state index contributed by atoms with van der Waals surface area (Å²) in [6, 6.07) is 4.35. The minimum Gasteiger partial charge on any atom is -0.493 e. The fourth-order valence-corrected chi connectivity index (χ4v) is 1.95. The lowest BCUT2D eigenvalue weighted by Gasteiger charge is -2.10. The Morgan fingerprint density at radius 2 is 2.26 bits per heavy atom. The van der Waals surface area contributed by atoms with E-state index in [1.807, 2.05) is 0 Å². The van der Waals surface area contributed by atoms with Crippen LogP contribution in [0.4, 0.5) is 0 Å². The first-order valence-electron chi connectivity index (χ1n) is 5.12. The highest BCUT2D eigenvalue weighted by Gasteiger charge is 2.12. The Morgan fingerprint density at radius 3 is 2.84 bits per heavy atom.